The molecule has 1 aliphatic heterocycles. The van der Waals surface area contributed by atoms with E-state index in [-0.39, 0.29) is 17.8 Å². The molecule has 31 heavy (non-hydrogen) atoms. The molecule has 0 radical (unpaired) electrons. The fourth-order valence-corrected chi connectivity index (χ4v) is 4.63. The van der Waals surface area contributed by atoms with Crippen LogP contribution in [0, 0.1) is 11.8 Å². The molecule has 1 N–H and O–H groups in total. The summed E-state index contributed by atoms with van der Waals surface area (Å²) in [4.78, 5) is 27.7. The number of nitrogens with one attached hydrogen (secondary N) is 1. The maximum Gasteiger partial charge on any atom is 0.316 e. The van der Waals surface area contributed by atoms with E-state index in [0.29, 0.717) is 12.0 Å². The summed E-state index contributed by atoms with van der Waals surface area (Å²) in [5.74, 6) is 0.146. The predicted molar refractivity (Wildman–Crippen MR) is 123 cm³/mol. The lowest BCUT2D eigenvalue weighted by molar-refractivity contribution is -0.151. The summed E-state index contributed by atoms with van der Waals surface area (Å²) in [6.45, 7) is 10.6. The molecule has 0 bridgehead atoms. The highest BCUT2D eigenvalue weighted by molar-refractivity contribution is 5.96. The minimum atomic E-state index is -0.591. The van der Waals surface area contributed by atoms with E-state index < -0.39 is 5.41 Å². The van der Waals surface area contributed by atoms with Crippen LogP contribution in [0.5, 0.6) is 0 Å². The molecular formula is C25H38N2O4. The van der Waals surface area contributed by atoms with Crippen molar-refractivity contribution in [3.8, 4) is 0 Å². The second-order valence-corrected chi connectivity index (χ2v) is 9.69. The fraction of sp³-hybridized carbons (Fsp3) is 0.680. The molecule has 0 atom stereocenters. The van der Waals surface area contributed by atoms with Crippen molar-refractivity contribution in [2.45, 2.75) is 71.3 Å². The Hall–Kier alpha value is -2.08. The van der Waals surface area contributed by atoms with Gasteiger partial charge in [-0.2, -0.15) is 0 Å². The molecule has 0 aromatic heterocycles. The van der Waals surface area contributed by atoms with Gasteiger partial charge in [0.15, 0.2) is 0 Å². The Labute approximate surface area is 186 Å². The average molecular weight is 431 g/mol. The van der Waals surface area contributed by atoms with Crippen LogP contribution < -0.4 is 10.2 Å². The zero-order valence-electron chi connectivity index (χ0n) is 19.7. The van der Waals surface area contributed by atoms with Gasteiger partial charge in [-0.05, 0) is 49.3 Å². The number of amides is 1. The quantitative estimate of drug-likeness (QED) is 0.614. The van der Waals surface area contributed by atoms with Crippen LogP contribution in [0.25, 0.3) is 0 Å². The second kappa shape index (κ2) is 10.0. The number of hydrogen-bond donors (Lipinski definition) is 1. The third-order valence-electron chi connectivity index (χ3n) is 6.62. The van der Waals surface area contributed by atoms with Crippen LogP contribution in [0.1, 0.15) is 65.4 Å². The first-order chi connectivity index (χ1) is 14.8. The van der Waals surface area contributed by atoms with Gasteiger partial charge in [-0.15, -0.1) is 0 Å². The van der Waals surface area contributed by atoms with Gasteiger partial charge in [-0.25, -0.2) is 0 Å². The molecular weight excluding hydrogens is 392 g/mol. The highest BCUT2D eigenvalue weighted by atomic mass is 16.5. The SMILES string of the molecule is COC(=O)C1(c2ccc(N(CC(C)C)C3CCOCC3)c(NC(=O)C(C)C)c2)CCC1. The summed E-state index contributed by atoms with van der Waals surface area (Å²) in [6.07, 6.45) is 4.51. The summed E-state index contributed by atoms with van der Waals surface area (Å²) < 4.78 is 10.7. The first-order valence-electron chi connectivity index (χ1n) is 11.7. The molecule has 2 fully saturated rings. The molecule has 3 rings (SSSR count). The second-order valence-electron chi connectivity index (χ2n) is 9.69. The van der Waals surface area contributed by atoms with Gasteiger partial charge in [0.25, 0.3) is 0 Å². The Bertz CT molecular complexity index is 780. The number of hydrogen-bond acceptors (Lipinski definition) is 5. The fourth-order valence-electron chi connectivity index (χ4n) is 4.63. The lowest BCUT2D eigenvalue weighted by atomic mass is 9.64. The topological polar surface area (TPSA) is 67.9 Å². The van der Waals surface area contributed by atoms with E-state index in [1.54, 1.807) is 0 Å². The first kappa shape index (κ1) is 23.6. The molecule has 0 spiro atoms. The smallest absolute Gasteiger partial charge is 0.316 e. The number of nitrogens with zero attached hydrogens (tertiary/aromatic N) is 1. The maximum atomic E-state index is 12.7. The third kappa shape index (κ3) is 5.05. The zero-order chi connectivity index (χ0) is 22.6. The van der Waals surface area contributed by atoms with Gasteiger partial charge in [-0.1, -0.05) is 40.2 Å². The number of ether oxygens (including phenoxy) is 2. The standard InChI is InChI=1S/C25H38N2O4/c1-17(2)16-27(20-9-13-31-14-10-20)22-8-7-19(15-21(22)26-23(28)18(3)4)25(11-6-12-25)24(29)30-5/h7-8,15,17-18,20H,6,9-14,16H2,1-5H3,(H,26,28). The van der Waals surface area contributed by atoms with Crippen molar-refractivity contribution in [1.82, 2.24) is 0 Å². The van der Waals surface area contributed by atoms with E-state index in [2.05, 4.69) is 36.2 Å². The molecule has 1 saturated heterocycles. The summed E-state index contributed by atoms with van der Waals surface area (Å²) >= 11 is 0. The average Bonchev–Trinajstić information content (AvgIpc) is 2.72. The van der Waals surface area contributed by atoms with Crippen LogP contribution >= 0.6 is 0 Å². The van der Waals surface area contributed by atoms with Crippen molar-refractivity contribution < 1.29 is 19.1 Å². The van der Waals surface area contributed by atoms with E-state index in [0.717, 1.165) is 68.8 Å². The third-order valence-corrected chi connectivity index (χ3v) is 6.62. The van der Waals surface area contributed by atoms with Crippen LogP contribution in [0.15, 0.2) is 18.2 Å². The van der Waals surface area contributed by atoms with Gasteiger partial charge >= 0.3 is 5.97 Å². The largest absolute Gasteiger partial charge is 0.468 e. The van der Waals surface area contributed by atoms with Gasteiger partial charge in [0.1, 0.15) is 0 Å². The van der Waals surface area contributed by atoms with Crippen LogP contribution in [0.2, 0.25) is 0 Å². The Balaban J connectivity index is 2.04. The highest BCUT2D eigenvalue weighted by Crippen LogP contribution is 2.46. The number of anilines is 2. The first-order valence-corrected chi connectivity index (χ1v) is 11.7. The Morgan fingerprint density at radius 3 is 2.39 bits per heavy atom. The normalized spacial score (nSPS) is 18.5. The molecule has 2 aliphatic rings. The van der Waals surface area contributed by atoms with Crippen molar-refractivity contribution in [2.75, 3.05) is 37.1 Å². The number of carbonyl (C=O) groups excluding carboxylic acids is 2. The minimum Gasteiger partial charge on any atom is -0.468 e. The molecule has 1 aliphatic carbocycles. The number of benzene rings is 1. The number of carbonyl (C=O) groups is 2. The molecule has 6 nitrogen and oxygen atoms in total. The number of methoxy groups -OCH3 is 1. The van der Waals surface area contributed by atoms with Crippen LogP contribution in [0.4, 0.5) is 11.4 Å². The lowest BCUT2D eigenvalue weighted by Crippen LogP contribution is -2.44. The van der Waals surface area contributed by atoms with E-state index in [1.807, 2.05) is 19.9 Å². The number of rotatable bonds is 8. The van der Waals surface area contributed by atoms with Crippen molar-refractivity contribution in [2.24, 2.45) is 11.8 Å². The molecule has 1 heterocycles. The van der Waals surface area contributed by atoms with Crippen molar-refractivity contribution >= 4 is 23.3 Å². The highest BCUT2D eigenvalue weighted by Gasteiger charge is 2.47. The van der Waals surface area contributed by atoms with Crippen LogP contribution in [-0.4, -0.2) is 44.8 Å². The molecule has 1 aromatic rings. The summed E-state index contributed by atoms with van der Waals surface area (Å²) in [7, 11) is 1.45. The van der Waals surface area contributed by atoms with E-state index in [1.165, 1.54) is 7.11 Å². The predicted octanol–water partition coefficient (Wildman–Crippen LogP) is 4.52. The van der Waals surface area contributed by atoms with Crippen molar-refractivity contribution in [3.05, 3.63) is 23.8 Å². The molecule has 1 aromatic carbocycles. The summed E-state index contributed by atoms with van der Waals surface area (Å²) in [5.41, 5.74) is 2.16. The Kier molecular flexibility index (Phi) is 7.63. The molecule has 6 heteroatoms. The van der Waals surface area contributed by atoms with Crippen LogP contribution in [-0.2, 0) is 24.5 Å². The van der Waals surface area contributed by atoms with Gasteiger partial charge in [-0.3, -0.25) is 9.59 Å². The molecule has 1 amide bonds. The van der Waals surface area contributed by atoms with Gasteiger partial charge in [0.2, 0.25) is 5.91 Å². The van der Waals surface area contributed by atoms with E-state index in [9.17, 15) is 9.59 Å². The van der Waals surface area contributed by atoms with Crippen molar-refractivity contribution in [1.29, 1.82) is 0 Å². The molecule has 172 valence electrons. The summed E-state index contributed by atoms with van der Waals surface area (Å²) in [6, 6.07) is 6.53. The molecule has 1 saturated carbocycles. The van der Waals surface area contributed by atoms with Gasteiger partial charge in [0, 0.05) is 31.7 Å². The minimum absolute atomic E-state index is 0.0180. The maximum absolute atomic E-state index is 12.7. The van der Waals surface area contributed by atoms with Gasteiger partial charge < -0.3 is 19.7 Å². The van der Waals surface area contributed by atoms with E-state index in [4.69, 9.17) is 9.47 Å². The van der Waals surface area contributed by atoms with E-state index >= 15 is 0 Å². The molecule has 0 unspecified atom stereocenters. The Morgan fingerprint density at radius 1 is 1.19 bits per heavy atom. The lowest BCUT2D eigenvalue weighted by Gasteiger charge is -2.41. The van der Waals surface area contributed by atoms with Gasteiger partial charge in [0.05, 0.1) is 23.9 Å². The monoisotopic (exact) mass is 430 g/mol. The van der Waals surface area contributed by atoms with Crippen LogP contribution in [0.3, 0.4) is 0 Å². The summed E-state index contributed by atoms with van der Waals surface area (Å²) in [5, 5.41) is 3.16. The Morgan fingerprint density at radius 2 is 1.87 bits per heavy atom. The number of esters is 1. The zero-order valence-corrected chi connectivity index (χ0v) is 19.7. The van der Waals surface area contributed by atoms with Crippen molar-refractivity contribution in [3.63, 3.8) is 0 Å².